The minimum Gasteiger partial charge on any atom is -0.507 e. The number of phenolic OH excluding ortho intramolecular Hbond substituents is 1. The summed E-state index contributed by atoms with van der Waals surface area (Å²) >= 11 is 3.23. The molecule has 15 heavy (non-hydrogen) atoms. The summed E-state index contributed by atoms with van der Waals surface area (Å²) in [4.78, 5) is 0. The smallest absolute Gasteiger partial charge is 0.129 e. The monoisotopic (exact) mass is 295 g/mol. The zero-order chi connectivity index (χ0) is 10.6. The van der Waals surface area contributed by atoms with Crippen molar-refractivity contribution in [3.63, 3.8) is 0 Å². The van der Waals surface area contributed by atoms with Crippen LogP contribution in [-0.2, 0) is 0 Å². The number of benzene rings is 1. The van der Waals surface area contributed by atoms with Crippen LogP contribution in [-0.4, -0.2) is 16.8 Å². The summed E-state index contributed by atoms with van der Waals surface area (Å²) < 4.78 is 0.648. The molecule has 4 N–H and O–H groups in total. The molecular formula is C10H15BrClNO2. The molecule has 0 fully saturated rings. The lowest BCUT2D eigenvalue weighted by Crippen LogP contribution is -2.10. The van der Waals surface area contributed by atoms with E-state index >= 15 is 0 Å². The van der Waals surface area contributed by atoms with E-state index in [1.54, 1.807) is 18.2 Å². The molecule has 1 atom stereocenters. The van der Waals surface area contributed by atoms with Gasteiger partial charge >= 0.3 is 0 Å². The van der Waals surface area contributed by atoms with Crippen LogP contribution in [0, 0.1) is 0 Å². The van der Waals surface area contributed by atoms with Crippen LogP contribution in [0.2, 0.25) is 0 Å². The van der Waals surface area contributed by atoms with E-state index < -0.39 is 0 Å². The quantitative estimate of drug-likeness (QED) is 0.799. The summed E-state index contributed by atoms with van der Waals surface area (Å²) in [5.74, 6) is 0.211. The van der Waals surface area contributed by atoms with Crippen molar-refractivity contribution in [2.45, 2.75) is 18.9 Å². The molecule has 5 heteroatoms. The van der Waals surface area contributed by atoms with Gasteiger partial charge in [0.2, 0.25) is 0 Å². The van der Waals surface area contributed by atoms with Crippen LogP contribution in [0.4, 0.5) is 0 Å². The first kappa shape index (κ1) is 14.7. The molecule has 0 aliphatic carbocycles. The van der Waals surface area contributed by atoms with Crippen molar-refractivity contribution in [3.8, 4) is 5.75 Å². The van der Waals surface area contributed by atoms with Crippen molar-refractivity contribution in [2.75, 3.05) is 6.61 Å². The van der Waals surface area contributed by atoms with Gasteiger partial charge in [0.05, 0.1) is 4.47 Å². The number of hydrogen-bond donors (Lipinski definition) is 3. The molecule has 0 bridgehead atoms. The van der Waals surface area contributed by atoms with Crippen LogP contribution < -0.4 is 5.73 Å². The molecule has 0 saturated carbocycles. The Morgan fingerprint density at radius 1 is 1.40 bits per heavy atom. The Morgan fingerprint density at radius 3 is 2.60 bits per heavy atom. The van der Waals surface area contributed by atoms with Gasteiger partial charge < -0.3 is 15.9 Å². The number of hydrogen-bond acceptors (Lipinski definition) is 3. The van der Waals surface area contributed by atoms with Gasteiger partial charge in [0, 0.05) is 12.6 Å². The summed E-state index contributed by atoms with van der Waals surface area (Å²) in [5.41, 5.74) is 6.85. The molecule has 0 radical (unpaired) electrons. The molecule has 1 rings (SSSR count). The standard InChI is InChI=1S/C10H14BrNO2.ClH/c11-8-6-7(3-4-10(8)14)9(12)2-1-5-13;/h3-4,6,9,13-14H,1-2,5,12H2;1H/t9-;/m1./s1. The Hall–Kier alpha value is -0.290. The lowest BCUT2D eigenvalue weighted by atomic mass is 10.0. The fourth-order valence-electron chi connectivity index (χ4n) is 1.23. The fraction of sp³-hybridized carbons (Fsp3) is 0.400. The zero-order valence-electron chi connectivity index (χ0n) is 8.19. The lowest BCUT2D eigenvalue weighted by molar-refractivity contribution is 0.280. The second-order valence-corrected chi connectivity index (χ2v) is 4.04. The number of phenols is 1. The number of aliphatic hydroxyl groups is 1. The lowest BCUT2D eigenvalue weighted by Gasteiger charge is -2.11. The van der Waals surface area contributed by atoms with Gasteiger partial charge in [0.1, 0.15) is 5.75 Å². The number of rotatable bonds is 4. The maximum absolute atomic E-state index is 9.27. The molecule has 1 aromatic carbocycles. The summed E-state index contributed by atoms with van der Waals surface area (Å²) in [6.45, 7) is 0.160. The second-order valence-electron chi connectivity index (χ2n) is 3.18. The predicted octanol–water partition coefficient (Wildman–Crippen LogP) is 2.35. The summed E-state index contributed by atoms with van der Waals surface area (Å²) in [7, 11) is 0. The molecule has 0 aliphatic heterocycles. The number of nitrogens with two attached hydrogens (primary N) is 1. The third-order valence-electron chi connectivity index (χ3n) is 2.07. The van der Waals surface area contributed by atoms with Gasteiger partial charge in [-0.3, -0.25) is 0 Å². The van der Waals surface area contributed by atoms with E-state index in [-0.39, 0.29) is 30.8 Å². The van der Waals surface area contributed by atoms with E-state index in [1.807, 2.05) is 0 Å². The SMILES string of the molecule is Cl.N[C@H](CCCO)c1ccc(O)c(Br)c1. The number of aromatic hydroxyl groups is 1. The highest BCUT2D eigenvalue weighted by molar-refractivity contribution is 9.10. The highest BCUT2D eigenvalue weighted by atomic mass is 79.9. The summed E-state index contributed by atoms with van der Waals surface area (Å²) in [5, 5.41) is 17.9. The van der Waals surface area contributed by atoms with Crippen LogP contribution in [0.15, 0.2) is 22.7 Å². The molecule has 86 valence electrons. The molecule has 1 aromatic rings. The van der Waals surface area contributed by atoms with Crippen LogP contribution >= 0.6 is 28.3 Å². The third-order valence-corrected chi connectivity index (χ3v) is 2.71. The minimum atomic E-state index is -0.0842. The molecule has 0 aromatic heterocycles. The van der Waals surface area contributed by atoms with Gasteiger partial charge in [-0.25, -0.2) is 0 Å². The van der Waals surface area contributed by atoms with Crippen molar-refractivity contribution < 1.29 is 10.2 Å². The van der Waals surface area contributed by atoms with E-state index in [2.05, 4.69) is 15.9 Å². The molecule has 0 spiro atoms. The van der Waals surface area contributed by atoms with Gasteiger partial charge in [0.15, 0.2) is 0 Å². The van der Waals surface area contributed by atoms with E-state index in [0.717, 1.165) is 12.0 Å². The molecule has 3 nitrogen and oxygen atoms in total. The van der Waals surface area contributed by atoms with Gasteiger partial charge in [-0.2, -0.15) is 0 Å². The molecule has 0 heterocycles. The Bertz CT molecular complexity index is 309. The molecule has 0 aliphatic rings. The summed E-state index contributed by atoms with van der Waals surface area (Å²) in [6, 6.07) is 5.12. The average Bonchev–Trinajstić information content (AvgIpc) is 2.18. The Morgan fingerprint density at radius 2 is 2.07 bits per heavy atom. The maximum atomic E-state index is 9.27. The Balaban J connectivity index is 0.00000196. The van der Waals surface area contributed by atoms with Gasteiger partial charge in [-0.1, -0.05) is 6.07 Å². The predicted molar refractivity (Wildman–Crippen MR) is 66.3 cm³/mol. The number of halogens is 2. The first-order valence-corrected chi connectivity index (χ1v) is 5.29. The van der Waals surface area contributed by atoms with E-state index in [9.17, 15) is 5.11 Å². The molecular weight excluding hydrogens is 281 g/mol. The third kappa shape index (κ3) is 4.38. The van der Waals surface area contributed by atoms with Crippen LogP contribution in [0.25, 0.3) is 0 Å². The number of aliphatic hydroxyl groups excluding tert-OH is 1. The van der Waals surface area contributed by atoms with Gasteiger partial charge in [-0.05, 0) is 46.5 Å². The Kier molecular flexibility index (Phi) is 6.92. The van der Waals surface area contributed by atoms with Crippen LogP contribution in [0.1, 0.15) is 24.4 Å². The molecule has 0 amide bonds. The van der Waals surface area contributed by atoms with Crippen molar-refractivity contribution in [3.05, 3.63) is 28.2 Å². The van der Waals surface area contributed by atoms with Crippen LogP contribution in [0.3, 0.4) is 0 Å². The normalized spacial score (nSPS) is 11.9. The van der Waals surface area contributed by atoms with E-state index in [1.165, 1.54) is 0 Å². The highest BCUT2D eigenvalue weighted by Crippen LogP contribution is 2.27. The summed E-state index contributed by atoms with van der Waals surface area (Å²) in [6.07, 6.45) is 1.44. The highest BCUT2D eigenvalue weighted by Gasteiger charge is 2.07. The average molecular weight is 297 g/mol. The van der Waals surface area contributed by atoms with E-state index in [0.29, 0.717) is 10.9 Å². The largest absolute Gasteiger partial charge is 0.507 e. The second kappa shape index (κ2) is 7.06. The first-order valence-electron chi connectivity index (χ1n) is 4.50. The fourth-order valence-corrected chi connectivity index (χ4v) is 1.63. The maximum Gasteiger partial charge on any atom is 0.129 e. The zero-order valence-corrected chi connectivity index (χ0v) is 10.6. The van der Waals surface area contributed by atoms with Crippen molar-refractivity contribution in [1.82, 2.24) is 0 Å². The van der Waals surface area contributed by atoms with Gasteiger partial charge in [-0.15, -0.1) is 12.4 Å². The Labute approximate surface area is 104 Å². The molecule has 0 saturated heterocycles. The minimum absolute atomic E-state index is 0. The van der Waals surface area contributed by atoms with E-state index in [4.69, 9.17) is 10.8 Å². The van der Waals surface area contributed by atoms with Crippen molar-refractivity contribution in [1.29, 1.82) is 0 Å². The van der Waals surface area contributed by atoms with Gasteiger partial charge in [0.25, 0.3) is 0 Å². The first-order chi connectivity index (χ1) is 6.65. The van der Waals surface area contributed by atoms with Crippen molar-refractivity contribution in [2.24, 2.45) is 5.73 Å². The van der Waals surface area contributed by atoms with Crippen LogP contribution in [0.5, 0.6) is 5.75 Å². The van der Waals surface area contributed by atoms with Crippen molar-refractivity contribution >= 4 is 28.3 Å². The molecule has 0 unspecified atom stereocenters. The topological polar surface area (TPSA) is 66.5 Å².